The van der Waals surface area contributed by atoms with E-state index in [0.29, 0.717) is 11.8 Å². The molecule has 0 amide bonds. The molecule has 0 radical (unpaired) electrons. The van der Waals surface area contributed by atoms with Crippen molar-refractivity contribution in [2.45, 2.75) is 6.42 Å². The molecule has 0 aromatic rings. The fraction of sp³-hybridized carbons (Fsp3) is 0.429. The Morgan fingerprint density at radius 3 is 3.45 bits per heavy atom. The third-order valence-corrected chi connectivity index (χ3v) is 2.30. The van der Waals surface area contributed by atoms with Crippen molar-refractivity contribution in [3.63, 3.8) is 0 Å². The Bertz CT molecular complexity index is 244. The highest BCUT2D eigenvalue weighted by atomic mass is 32.2. The van der Waals surface area contributed by atoms with E-state index in [1.807, 2.05) is 12.3 Å². The normalized spacial score (nSPS) is 37.0. The molecule has 2 atom stereocenters. The summed E-state index contributed by atoms with van der Waals surface area (Å²) < 4.78 is 4.11. The Labute approximate surface area is 69.8 Å². The second-order valence-electron chi connectivity index (χ2n) is 2.74. The van der Waals surface area contributed by atoms with Crippen LogP contribution in [0.15, 0.2) is 21.7 Å². The summed E-state index contributed by atoms with van der Waals surface area (Å²) in [5, 5.41) is 5.25. The van der Waals surface area contributed by atoms with Crippen molar-refractivity contribution in [2.24, 2.45) is 26.4 Å². The van der Waals surface area contributed by atoms with Crippen LogP contribution in [-0.4, -0.2) is 11.9 Å². The second-order valence-corrected chi connectivity index (χ2v) is 3.13. The molecule has 58 valence electrons. The summed E-state index contributed by atoms with van der Waals surface area (Å²) in [6, 6.07) is 0. The lowest BCUT2D eigenvalue weighted by Gasteiger charge is -1.92. The molecule has 4 heteroatoms. The fourth-order valence-electron chi connectivity index (χ4n) is 1.28. The number of rotatable bonds is 1. The summed E-state index contributed by atoms with van der Waals surface area (Å²) in [6.45, 7) is 0. The summed E-state index contributed by atoms with van der Waals surface area (Å²) >= 11 is 1.03. The van der Waals surface area contributed by atoms with Crippen molar-refractivity contribution < 1.29 is 0 Å². The zero-order valence-corrected chi connectivity index (χ0v) is 6.79. The van der Waals surface area contributed by atoms with Gasteiger partial charge in [0.1, 0.15) is 0 Å². The molecule has 1 fully saturated rings. The number of nitrogens with two attached hydrogens (primary N) is 1. The van der Waals surface area contributed by atoms with Gasteiger partial charge in [-0.25, -0.2) is 4.40 Å². The maximum absolute atomic E-state index is 5.25. The van der Waals surface area contributed by atoms with Crippen molar-refractivity contribution in [1.82, 2.24) is 0 Å². The van der Waals surface area contributed by atoms with Gasteiger partial charge in [0.15, 0.2) is 0 Å². The summed E-state index contributed by atoms with van der Waals surface area (Å²) in [5.41, 5.74) is 1.08. The van der Waals surface area contributed by atoms with Gasteiger partial charge in [-0.15, -0.1) is 0 Å². The Morgan fingerprint density at radius 2 is 2.64 bits per heavy atom. The van der Waals surface area contributed by atoms with Crippen LogP contribution in [0.2, 0.25) is 0 Å². The minimum atomic E-state index is 0.591. The molecule has 0 aromatic carbocycles. The first-order valence-corrected chi connectivity index (χ1v) is 4.39. The number of hydrogen-bond donors (Lipinski definition) is 1. The number of aliphatic imine (C=N–C) groups is 1. The highest BCUT2D eigenvalue weighted by Crippen LogP contribution is 2.39. The van der Waals surface area contributed by atoms with Gasteiger partial charge in [0.05, 0.1) is 17.8 Å². The lowest BCUT2D eigenvalue weighted by atomic mass is 10.2. The molecule has 1 aliphatic carbocycles. The quantitative estimate of drug-likeness (QED) is 0.596. The number of hydrogen-bond acceptors (Lipinski definition) is 4. The Balaban J connectivity index is 2.17. The largest absolute Gasteiger partial charge is 0.269 e. The van der Waals surface area contributed by atoms with E-state index in [0.717, 1.165) is 17.8 Å². The fourth-order valence-corrected chi connectivity index (χ4v) is 1.60. The molecule has 2 N–H and O–H groups in total. The third-order valence-electron chi connectivity index (χ3n) is 1.99. The van der Waals surface area contributed by atoms with Crippen LogP contribution < -0.4 is 5.14 Å². The molecular formula is C7H9N3S. The van der Waals surface area contributed by atoms with Gasteiger partial charge in [-0.1, -0.05) is 0 Å². The molecule has 1 saturated carbocycles. The lowest BCUT2D eigenvalue weighted by molar-refractivity contribution is 1.12. The lowest BCUT2D eigenvalue weighted by Crippen LogP contribution is -1.97. The summed E-state index contributed by atoms with van der Waals surface area (Å²) in [7, 11) is 0. The summed E-state index contributed by atoms with van der Waals surface area (Å²) in [5.74, 6) is 1.21. The van der Waals surface area contributed by atoms with E-state index < -0.39 is 0 Å². The van der Waals surface area contributed by atoms with E-state index in [2.05, 4.69) is 9.39 Å². The number of nitrogens with zero attached hydrogens (tertiary/aromatic N) is 2. The van der Waals surface area contributed by atoms with Crippen LogP contribution in [0, 0.1) is 11.8 Å². The van der Waals surface area contributed by atoms with Gasteiger partial charge in [-0.3, -0.25) is 10.1 Å². The van der Waals surface area contributed by atoms with Crippen molar-refractivity contribution in [3.8, 4) is 0 Å². The Morgan fingerprint density at radius 1 is 1.73 bits per heavy atom. The molecule has 0 spiro atoms. The van der Waals surface area contributed by atoms with Crippen LogP contribution in [-0.2, 0) is 0 Å². The van der Waals surface area contributed by atoms with Crippen LogP contribution in [0.5, 0.6) is 0 Å². The van der Waals surface area contributed by atoms with Crippen LogP contribution >= 0.6 is 12.1 Å². The minimum Gasteiger partial charge on any atom is -0.269 e. The molecule has 0 bridgehead atoms. The van der Waals surface area contributed by atoms with Gasteiger partial charge < -0.3 is 0 Å². The van der Waals surface area contributed by atoms with Gasteiger partial charge in [0.2, 0.25) is 0 Å². The van der Waals surface area contributed by atoms with E-state index in [4.69, 9.17) is 5.14 Å². The van der Waals surface area contributed by atoms with Crippen molar-refractivity contribution in [3.05, 3.63) is 12.3 Å². The minimum absolute atomic E-state index is 0.591. The molecule has 0 saturated heterocycles. The maximum Gasteiger partial charge on any atom is 0.0558 e. The molecule has 2 rings (SSSR count). The molecule has 11 heavy (non-hydrogen) atoms. The van der Waals surface area contributed by atoms with E-state index in [-0.39, 0.29) is 0 Å². The monoisotopic (exact) mass is 167 g/mol. The summed E-state index contributed by atoms with van der Waals surface area (Å²) in [4.78, 5) is 4.09. The standard InChI is InChI=1S/C7H9N3S/c8-11-10-7-1-2-9-4-5-3-6(5)7/h1-2,4-6H,3,8H2. The van der Waals surface area contributed by atoms with Crippen molar-refractivity contribution in [1.29, 1.82) is 0 Å². The van der Waals surface area contributed by atoms with Crippen molar-refractivity contribution >= 4 is 24.1 Å². The first kappa shape index (κ1) is 7.06. The van der Waals surface area contributed by atoms with Gasteiger partial charge in [0.25, 0.3) is 0 Å². The molecule has 2 unspecified atom stereocenters. The first-order chi connectivity index (χ1) is 5.42. The zero-order valence-electron chi connectivity index (χ0n) is 5.97. The second kappa shape index (κ2) is 2.79. The average molecular weight is 167 g/mol. The molecular weight excluding hydrogens is 158 g/mol. The van der Waals surface area contributed by atoms with E-state index in [9.17, 15) is 0 Å². The molecule has 2 aliphatic rings. The smallest absolute Gasteiger partial charge is 0.0558 e. The van der Waals surface area contributed by atoms with Crippen LogP contribution in [0.1, 0.15) is 6.42 Å². The van der Waals surface area contributed by atoms with Gasteiger partial charge in [0, 0.05) is 24.3 Å². The maximum atomic E-state index is 5.25. The predicted octanol–water partition coefficient (Wildman–Crippen LogP) is 1.18. The van der Waals surface area contributed by atoms with E-state index in [1.165, 1.54) is 6.42 Å². The SMILES string of the molecule is NSN=C1C=CN=CC2CC12. The van der Waals surface area contributed by atoms with E-state index >= 15 is 0 Å². The Kier molecular flexibility index (Phi) is 1.79. The number of fused-ring (bicyclic) bond motifs is 1. The van der Waals surface area contributed by atoms with Crippen LogP contribution in [0.3, 0.4) is 0 Å². The van der Waals surface area contributed by atoms with E-state index in [1.54, 1.807) is 6.20 Å². The first-order valence-electron chi connectivity index (χ1n) is 3.55. The molecule has 1 heterocycles. The third kappa shape index (κ3) is 1.36. The molecule has 3 nitrogen and oxygen atoms in total. The summed E-state index contributed by atoms with van der Waals surface area (Å²) in [6.07, 6.45) is 6.90. The van der Waals surface area contributed by atoms with Gasteiger partial charge in [-0.2, -0.15) is 0 Å². The highest BCUT2D eigenvalue weighted by Gasteiger charge is 2.39. The molecule has 0 aromatic heterocycles. The topological polar surface area (TPSA) is 50.7 Å². The highest BCUT2D eigenvalue weighted by molar-refractivity contribution is 7.95. The van der Waals surface area contributed by atoms with Crippen molar-refractivity contribution in [2.75, 3.05) is 0 Å². The van der Waals surface area contributed by atoms with Gasteiger partial charge in [-0.05, 0) is 12.5 Å². The Hall–Kier alpha value is -0.610. The zero-order chi connectivity index (χ0) is 7.68. The number of allylic oxidation sites excluding steroid dienone is 1. The predicted molar refractivity (Wildman–Crippen MR) is 48.4 cm³/mol. The average Bonchev–Trinajstić information content (AvgIpc) is 2.72. The van der Waals surface area contributed by atoms with Crippen LogP contribution in [0.25, 0.3) is 0 Å². The molecule has 1 aliphatic heterocycles. The van der Waals surface area contributed by atoms with Gasteiger partial charge >= 0.3 is 0 Å². The van der Waals surface area contributed by atoms with Crippen LogP contribution in [0.4, 0.5) is 0 Å².